The van der Waals surface area contributed by atoms with Gasteiger partial charge < -0.3 is 19.5 Å². The second-order valence-electron chi connectivity index (χ2n) is 10.4. The van der Waals surface area contributed by atoms with Crippen molar-refractivity contribution in [2.75, 3.05) is 18.9 Å². The van der Waals surface area contributed by atoms with Crippen molar-refractivity contribution < 1.29 is 62.9 Å². The number of benzene rings is 2. The quantitative estimate of drug-likeness (QED) is 0.109. The molecule has 0 aliphatic carbocycles. The summed E-state index contributed by atoms with van der Waals surface area (Å²) < 4.78 is 25.6. The normalized spacial score (nSPS) is 18.9. The van der Waals surface area contributed by atoms with E-state index >= 15 is 0 Å². The fraction of sp³-hybridized carbons (Fsp3) is 0.500. The first-order valence-electron chi connectivity index (χ1n) is 13.7. The average molecular weight is 580 g/mol. The van der Waals surface area contributed by atoms with Gasteiger partial charge in [-0.15, -0.1) is 0 Å². The summed E-state index contributed by atoms with van der Waals surface area (Å²) in [7, 11) is -3.66. The van der Waals surface area contributed by atoms with E-state index < -0.39 is 43.7 Å². The van der Waals surface area contributed by atoms with Crippen LogP contribution >= 0.6 is 7.37 Å². The summed E-state index contributed by atoms with van der Waals surface area (Å²) in [4.78, 5) is 38.7. The number of aliphatic carboxylic acids is 1. The molecule has 1 fully saturated rings. The summed E-state index contributed by atoms with van der Waals surface area (Å²) in [6, 6.07) is 18.2. The monoisotopic (exact) mass is 579 g/mol. The number of esters is 1. The van der Waals surface area contributed by atoms with E-state index in [-0.39, 0.29) is 66.9 Å². The van der Waals surface area contributed by atoms with Gasteiger partial charge in [0.05, 0.1) is 12.0 Å². The van der Waals surface area contributed by atoms with Crippen molar-refractivity contribution in [1.82, 2.24) is 4.90 Å². The number of hydrogen-bond acceptors (Lipinski definition) is 7. The number of unbranched alkanes of at least 4 members (excludes halogenated alkanes) is 1. The van der Waals surface area contributed by atoms with E-state index in [0.717, 1.165) is 24.0 Å². The predicted octanol–water partition coefficient (Wildman–Crippen LogP) is 1.38. The minimum atomic E-state index is -3.66. The minimum Gasteiger partial charge on any atom is -0.548 e. The molecule has 2 aromatic rings. The van der Waals surface area contributed by atoms with Crippen molar-refractivity contribution in [2.45, 2.75) is 71.1 Å². The molecule has 0 unspecified atom stereocenters. The maximum Gasteiger partial charge on any atom is 1.00 e. The molecule has 212 valence electrons. The third-order valence-electron chi connectivity index (χ3n) is 6.97. The summed E-state index contributed by atoms with van der Waals surface area (Å²) in [6.07, 6.45) is 0.984. The van der Waals surface area contributed by atoms with Crippen LogP contribution in [0.4, 0.5) is 0 Å². The number of carbonyl (C=O) groups is 3. The van der Waals surface area contributed by atoms with Gasteiger partial charge in [-0.3, -0.25) is 18.7 Å². The number of rotatable bonds is 14. The van der Waals surface area contributed by atoms with E-state index in [9.17, 15) is 24.1 Å². The van der Waals surface area contributed by atoms with E-state index in [2.05, 4.69) is 0 Å². The molecule has 0 N–H and O–H groups in total. The molecule has 0 aromatic heterocycles. The van der Waals surface area contributed by atoms with Crippen molar-refractivity contribution >= 4 is 25.2 Å². The van der Waals surface area contributed by atoms with Crippen LogP contribution in [0.25, 0.3) is 0 Å². The van der Waals surface area contributed by atoms with Crippen molar-refractivity contribution in [3.8, 4) is 0 Å². The van der Waals surface area contributed by atoms with E-state index in [1.807, 2.05) is 60.7 Å². The van der Waals surface area contributed by atoms with Crippen LogP contribution < -0.4 is 34.7 Å². The zero-order chi connectivity index (χ0) is 28.4. The molecular weight excluding hydrogens is 540 g/mol. The fourth-order valence-corrected chi connectivity index (χ4v) is 7.08. The van der Waals surface area contributed by atoms with Crippen LogP contribution in [0.5, 0.6) is 0 Å². The Morgan fingerprint density at radius 1 is 1.02 bits per heavy atom. The van der Waals surface area contributed by atoms with E-state index in [0.29, 0.717) is 6.42 Å². The van der Waals surface area contributed by atoms with E-state index in [1.165, 1.54) is 4.90 Å². The Morgan fingerprint density at radius 3 is 2.23 bits per heavy atom. The summed E-state index contributed by atoms with van der Waals surface area (Å²) >= 11 is 0. The maximum absolute atomic E-state index is 14.2. The third kappa shape index (κ3) is 10.1. The van der Waals surface area contributed by atoms with Gasteiger partial charge in [0.15, 0.2) is 0 Å². The number of hydrogen-bond donors (Lipinski definition) is 0. The molecule has 1 aliphatic heterocycles. The Morgan fingerprint density at radius 2 is 1.65 bits per heavy atom. The van der Waals surface area contributed by atoms with Crippen LogP contribution in [-0.4, -0.2) is 53.9 Å². The molecule has 0 spiro atoms. The first kappa shape index (κ1) is 34.2. The van der Waals surface area contributed by atoms with Crippen molar-refractivity contribution in [2.24, 2.45) is 5.92 Å². The molecule has 3 rings (SSSR count). The molecule has 2 aromatic carbocycles. The Kier molecular flexibility index (Phi) is 14.1. The van der Waals surface area contributed by atoms with Crippen LogP contribution in [0.1, 0.15) is 63.5 Å². The molecule has 8 nitrogen and oxygen atoms in total. The summed E-state index contributed by atoms with van der Waals surface area (Å²) in [5, 5.41) is 12.0. The third-order valence-corrected chi connectivity index (χ3v) is 9.32. The molecule has 0 bridgehead atoms. The number of amides is 1. The van der Waals surface area contributed by atoms with Crippen LogP contribution in [0.15, 0.2) is 60.7 Å². The molecule has 0 saturated carbocycles. The number of carboxylic acids is 1. The smallest absolute Gasteiger partial charge is 0.548 e. The zero-order valence-corrected chi connectivity index (χ0v) is 26.9. The average Bonchev–Trinajstić information content (AvgIpc) is 3.38. The second kappa shape index (κ2) is 16.5. The van der Waals surface area contributed by atoms with Gasteiger partial charge >= 0.3 is 35.5 Å². The van der Waals surface area contributed by atoms with Gasteiger partial charge in [-0.25, -0.2) is 0 Å². The Hall–Kier alpha value is -1.96. The number of nitrogens with zero attached hydrogens (tertiary/aromatic N) is 1. The topological polar surface area (TPSA) is 113 Å². The molecule has 1 aliphatic rings. The number of carboxylic acid groups (broad SMARTS) is 1. The van der Waals surface area contributed by atoms with E-state index in [1.54, 1.807) is 20.8 Å². The molecule has 10 heteroatoms. The van der Waals surface area contributed by atoms with E-state index in [4.69, 9.17) is 9.26 Å². The van der Waals surface area contributed by atoms with Gasteiger partial charge in [0, 0.05) is 31.0 Å². The van der Waals surface area contributed by atoms with Crippen LogP contribution in [0, 0.1) is 5.92 Å². The van der Waals surface area contributed by atoms with Gasteiger partial charge in [-0.2, -0.15) is 0 Å². The minimum absolute atomic E-state index is 0. The molecule has 4 atom stereocenters. The van der Waals surface area contributed by atoms with Gasteiger partial charge in [-0.05, 0) is 36.8 Å². The maximum atomic E-state index is 14.2. The van der Waals surface area contributed by atoms with Gasteiger partial charge in [0.1, 0.15) is 6.16 Å². The first-order chi connectivity index (χ1) is 18.6. The van der Waals surface area contributed by atoms with Crippen LogP contribution in [0.3, 0.4) is 0 Å². The largest absolute Gasteiger partial charge is 1.00 e. The zero-order valence-electron chi connectivity index (χ0n) is 24.0. The summed E-state index contributed by atoms with van der Waals surface area (Å²) in [6.45, 7) is 5.41. The van der Waals surface area contributed by atoms with Gasteiger partial charge in [0.2, 0.25) is 19.6 Å². The number of carbonyl (C=O) groups excluding carboxylic acids is 3. The molecule has 1 saturated heterocycles. The standard InChI is InChI=1S/C30H40NO7P.Na/c1-4-28(33)37-30(22(2)3)38-39(36,18-12-11-15-23-13-7-5-8-14-23)21-27(32)31-20-25(19-26(31)29(34)35)24-16-9-6-10-17-24;/h5-10,13-14,16-17,22,25-26,30H,4,11-12,15,18-21H2,1-3H3,(H,34,35);/q;+1/p-1/t25-,26+,30+,39-;/m1./s1. The van der Waals surface area contributed by atoms with Crippen molar-refractivity contribution in [3.63, 3.8) is 0 Å². The Balaban J connectivity index is 0.00000560. The van der Waals surface area contributed by atoms with Crippen LogP contribution in [0.2, 0.25) is 0 Å². The van der Waals surface area contributed by atoms with Gasteiger partial charge in [0.25, 0.3) is 0 Å². The molecule has 1 heterocycles. The molecule has 0 radical (unpaired) electrons. The Labute approximate surface area is 259 Å². The molecule has 40 heavy (non-hydrogen) atoms. The molecule has 1 amide bonds. The first-order valence-corrected chi connectivity index (χ1v) is 15.7. The second-order valence-corrected chi connectivity index (χ2v) is 13.0. The van der Waals surface area contributed by atoms with Crippen molar-refractivity contribution in [3.05, 3.63) is 71.8 Å². The molecular formula is C30H39NNaO7P. The SMILES string of the molecule is CCC(=O)O[C@@H](O[P@](=O)(CCCCc1ccccc1)CC(=O)N1C[C@H](c2ccccc2)C[C@H]1C(=O)[O-])C(C)C.[Na+]. The van der Waals surface area contributed by atoms with Gasteiger partial charge in [-0.1, -0.05) is 81.4 Å². The fourth-order valence-electron chi connectivity index (χ4n) is 4.78. The predicted molar refractivity (Wildman–Crippen MR) is 147 cm³/mol. The van der Waals surface area contributed by atoms with Crippen LogP contribution in [-0.2, 0) is 34.6 Å². The Bertz CT molecular complexity index is 1150. The number of likely N-dealkylation sites (tertiary alicyclic amines) is 1. The number of ether oxygens (including phenoxy) is 1. The van der Waals surface area contributed by atoms with Crippen molar-refractivity contribution in [1.29, 1.82) is 0 Å². The number of aryl methyl sites for hydroxylation is 1. The summed E-state index contributed by atoms with van der Waals surface area (Å²) in [5.41, 5.74) is 2.09. The summed E-state index contributed by atoms with van der Waals surface area (Å²) in [5.74, 6) is -2.84.